The van der Waals surface area contributed by atoms with Crippen molar-refractivity contribution in [2.45, 2.75) is 26.4 Å². The first-order chi connectivity index (χ1) is 14.8. The Labute approximate surface area is 202 Å². The molecule has 0 atom stereocenters. The fourth-order valence-corrected chi connectivity index (χ4v) is 3.35. The number of halogens is 1. The van der Waals surface area contributed by atoms with Gasteiger partial charge in [-0.2, -0.15) is 0 Å². The van der Waals surface area contributed by atoms with Crippen LogP contribution in [0.15, 0.2) is 78.3 Å². The summed E-state index contributed by atoms with van der Waals surface area (Å²) in [6.45, 7) is 6.69. The van der Waals surface area contributed by atoms with E-state index in [4.69, 9.17) is 0 Å². The third-order valence-corrected chi connectivity index (χ3v) is 5.03. The molecule has 31 heavy (non-hydrogen) atoms. The number of nitrogens with zero attached hydrogens (tertiary/aromatic N) is 4. The van der Waals surface area contributed by atoms with Crippen LogP contribution in [0, 0.1) is 0 Å². The fourth-order valence-electron chi connectivity index (χ4n) is 3.35. The van der Waals surface area contributed by atoms with Gasteiger partial charge < -0.3 is 20.1 Å². The summed E-state index contributed by atoms with van der Waals surface area (Å²) < 4.78 is 2.07. The van der Waals surface area contributed by atoms with Crippen molar-refractivity contribution >= 4 is 35.6 Å². The Morgan fingerprint density at radius 3 is 2.42 bits per heavy atom. The van der Waals surface area contributed by atoms with Gasteiger partial charge in [-0.15, -0.1) is 24.0 Å². The Bertz CT molecular complexity index is 878. The summed E-state index contributed by atoms with van der Waals surface area (Å²) in [7, 11) is 1.81. The van der Waals surface area contributed by atoms with Gasteiger partial charge in [0.1, 0.15) is 0 Å². The minimum absolute atomic E-state index is 0. The van der Waals surface area contributed by atoms with Gasteiger partial charge in [-0.25, -0.2) is 4.98 Å². The summed E-state index contributed by atoms with van der Waals surface area (Å²) in [5, 5.41) is 6.81. The molecule has 0 saturated heterocycles. The van der Waals surface area contributed by atoms with Crippen molar-refractivity contribution in [3.63, 3.8) is 0 Å². The van der Waals surface area contributed by atoms with Crippen LogP contribution in [0.3, 0.4) is 0 Å². The van der Waals surface area contributed by atoms with Crippen LogP contribution in [0.25, 0.3) is 0 Å². The average molecular weight is 532 g/mol. The van der Waals surface area contributed by atoms with E-state index in [0.29, 0.717) is 0 Å². The molecule has 0 unspecified atom stereocenters. The average Bonchev–Trinajstić information content (AvgIpc) is 3.30. The number of aromatic nitrogens is 2. The number of hydrogen-bond donors (Lipinski definition) is 2. The molecule has 2 N–H and O–H groups in total. The van der Waals surface area contributed by atoms with E-state index < -0.39 is 0 Å². The van der Waals surface area contributed by atoms with E-state index in [9.17, 15) is 0 Å². The number of aliphatic imine (C=N–C) groups is 1. The zero-order chi connectivity index (χ0) is 21.0. The van der Waals surface area contributed by atoms with Gasteiger partial charge in [0.2, 0.25) is 0 Å². The summed E-state index contributed by atoms with van der Waals surface area (Å²) in [4.78, 5) is 10.8. The van der Waals surface area contributed by atoms with E-state index in [1.54, 1.807) is 6.20 Å². The fraction of sp³-hybridized carbons (Fsp3) is 0.333. The third-order valence-electron chi connectivity index (χ3n) is 5.03. The van der Waals surface area contributed by atoms with E-state index in [0.717, 1.165) is 45.1 Å². The molecule has 0 spiro atoms. The van der Waals surface area contributed by atoms with Crippen LogP contribution < -0.4 is 15.5 Å². The Kier molecular flexibility index (Phi) is 10.9. The summed E-state index contributed by atoms with van der Waals surface area (Å²) in [5.41, 5.74) is 3.77. The van der Waals surface area contributed by atoms with Crippen molar-refractivity contribution in [2.24, 2.45) is 4.99 Å². The topological polar surface area (TPSA) is 57.5 Å². The van der Waals surface area contributed by atoms with E-state index in [1.165, 1.54) is 16.8 Å². The smallest absolute Gasteiger partial charge is 0.191 e. The molecule has 0 aliphatic rings. The summed E-state index contributed by atoms with van der Waals surface area (Å²) in [6, 6.07) is 19.2. The van der Waals surface area contributed by atoms with Crippen LogP contribution >= 0.6 is 24.0 Å². The second-order valence-electron chi connectivity index (χ2n) is 7.17. The number of imidazole rings is 1. The molecule has 1 heterocycles. The maximum absolute atomic E-state index is 4.34. The van der Waals surface area contributed by atoms with Gasteiger partial charge in [0, 0.05) is 57.9 Å². The van der Waals surface area contributed by atoms with Crippen molar-refractivity contribution in [3.8, 4) is 0 Å². The highest BCUT2D eigenvalue weighted by atomic mass is 127. The van der Waals surface area contributed by atoms with E-state index in [2.05, 4.69) is 91.6 Å². The molecule has 1 aromatic heterocycles. The lowest BCUT2D eigenvalue weighted by Crippen LogP contribution is -2.38. The minimum Gasteiger partial charge on any atom is -0.372 e. The van der Waals surface area contributed by atoms with Gasteiger partial charge >= 0.3 is 0 Å². The molecule has 7 heteroatoms. The van der Waals surface area contributed by atoms with Crippen LogP contribution in [0.5, 0.6) is 0 Å². The zero-order valence-electron chi connectivity index (χ0n) is 18.4. The number of guanidine groups is 1. The zero-order valence-corrected chi connectivity index (χ0v) is 20.7. The van der Waals surface area contributed by atoms with Crippen molar-refractivity contribution in [1.82, 2.24) is 20.2 Å². The molecule has 3 aromatic rings. The van der Waals surface area contributed by atoms with Gasteiger partial charge in [0.05, 0.1) is 6.33 Å². The highest BCUT2D eigenvalue weighted by Gasteiger charge is 2.04. The normalized spacial score (nSPS) is 11.0. The maximum Gasteiger partial charge on any atom is 0.191 e. The Hall–Kier alpha value is -2.55. The summed E-state index contributed by atoms with van der Waals surface area (Å²) in [6.07, 6.45) is 6.67. The molecular formula is C24H33IN6. The van der Waals surface area contributed by atoms with Crippen LogP contribution in [0.1, 0.15) is 24.5 Å². The van der Waals surface area contributed by atoms with Gasteiger partial charge in [-0.05, 0) is 36.6 Å². The summed E-state index contributed by atoms with van der Waals surface area (Å²) in [5.74, 6) is 0.834. The molecule has 0 saturated carbocycles. The summed E-state index contributed by atoms with van der Waals surface area (Å²) >= 11 is 0. The number of benzene rings is 2. The molecule has 0 fully saturated rings. The number of anilines is 1. The first-order valence-corrected chi connectivity index (χ1v) is 10.6. The molecule has 0 radical (unpaired) electrons. The molecule has 0 amide bonds. The van der Waals surface area contributed by atoms with Gasteiger partial charge in [0.25, 0.3) is 0 Å². The molecule has 2 aromatic carbocycles. The first-order valence-electron chi connectivity index (χ1n) is 10.6. The monoisotopic (exact) mass is 532 g/mol. The predicted octanol–water partition coefficient (Wildman–Crippen LogP) is 4.13. The van der Waals surface area contributed by atoms with Crippen LogP contribution in [-0.2, 0) is 13.1 Å². The molecular weight excluding hydrogens is 499 g/mol. The Morgan fingerprint density at radius 2 is 1.77 bits per heavy atom. The SMILES string of the molecule is CCN(CCCNC(=NC)NCc1ccc(Cn2ccnc2)cc1)c1ccccc1.I. The van der Waals surface area contributed by atoms with E-state index >= 15 is 0 Å². The largest absolute Gasteiger partial charge is 0.372 e. The Balaban J connectivity index is 0.00000341. The number of para-hydroxylation sites is 1. The number of nitrogens with one attached hydrogen (secondary N) is 2. The maximum atomic E-state index is 4.34. The third kappa shape index (κ3) is 8.24. The molecule has 166 valence electrons. The predicted molar refractivity (Wildman–Crippen MR) is 140 cm³/mol. The lowest BCUT2D eigenvalue weighted by Gasteiger charge is -2.23. The van der Waals surface area contributed by atoms with Crippen molar-refractivity contribution in [1.29, 1.82) is 0 Å². The lowest BCUT2D eigenvalue weighted by atomic mass is 10.1. The molecule has 0 aliphatic heterocycles. The highest BCUT2D eigenvalue weighted by molar-refractivity contribution is 14.0. The highest BCUT2D eigenvalue weighted by Crippen LogP contribution is 2.12. The van der Waals surface area contributed by atoms with Crippen molar-refractivity contribution < 1.29 is 0 Å². The van der Waals surface area contributed by atoms with Crippen molar-refractivity contribution in [3.05, 3.63) is 84.4 Å². The minimum atomic E-state index is 0. The van der Waals surface area contributed by atoms with Gasteiger partial charge in [-0.1, -0.05) is 42.5 Å². The van der Waals surface area contributed by atoms with E-state index in [1.807, 2.05) is 19.6 Å². The number of hydrogen-bond acceptors (Lipinski definition) is 3. The molecule has 0 aliphatic carbocycles. The second-order valence-corrected chi connectivity index (χ2v) is 7.17. The second kappa shape index (κ2) is 13.7. The van der Waals surface area contributed by atoms with Crippen LogP contribution in [-0.4, -0.2) is 42.2 Å². The molecule has 6 nitrogen and oxygen atoms in total. The quantitative estimate of drug-likeness (QED) is 0.179. The van der Waals surface area contributed by atoms with Gasteiger partial charge in [0.15, 0.2) is 5.96 Å². The van der Waals surface area contributed by atoms with Crippen LogP contribution in [0.4, 0.5) is 5.69 Å². The van der Waals surface area contributed by atoms with Gasteiger partial charge in [-0.3, -0.25) is 4.99 Å². The number of rotatable bonds is 10. The first kappa shape index (κ1) is 24.7. The molecule has 3 rings (SSSR count). The van der Waals surface area contributed by atoms with Crippen LogP contribution in [0.2, 0.25) is 0 Å². The standard InChI is InChI=1S/C24H32N6.HI/c1-3-30(23-8-5-4-6-9-23)16-7-14-27-24(25-2)28-18-21-10-12-22(13-11-21)19-29-17-15-26-20-29;/h4-6,8-13,15,17,20H,3,7,14,16,18-19H2,1-2H3,(H2,25,27,28);1H. The van der Waals surface area contributed by atoms with E-state index in [-0.39, 0.29) is 24.0 Å². The molecule has 0 bridgehead atoms. The van der Waals surface area contributed by atoms with Crippen molar-refractivity contribution in [2.75, 3.05) is 31.6 Å². The Morgan fingerprint density at radius 1 is 1.03 bits per heavy atom. The lowest BCUT2D eigenvalue weighted by molar-refractivity contribution is 0.708.